The van der Waals surface area contributed by atoms with Crippen LogP contribution in [-0.2, 0) is 72.6 Å². The van der Waals surface area contributed by atoms with Gasteiger partial charge in [-0.1, -0.05) is 18.2 Å². The first-order valence-electron chi connectivity index (χ1n) is 22.8. The van der Waals surface area contributed by atoms with Crippen LogP contribution in [0.15, 0.2) is 48.5 Å². The molecule has 25 heteroatoms. The SMILES string of the molecule is O=C(CCOCCOCCOCCOCCOCCOCCOCCOCCOCCOCCOCCOCCOC(=O)c1ccccc1Nc1cccc(C(F)(F)F)c1)Oc1c(F)c(F)c(F)c(F)c1F. The van der Waals surface area contributed by atoms with Gasteiger partial charge in [-0.25, -0.2) is 18.0 Å². The third-order valence-corrected chi connectivity index (χ3v) is 9.00. The molecule has 0 saturated heterocycles. The van der Waals surface area contributed by atoms with Crippen molar-refractivity contribution >= 4 is 23.3 Å². The Bertz CT molecular complexity index is 1930. The zero-order chi connectivity index (χ0) is 52.1. The number of halogens is 8. The van der Waals surface area contributed by atoms with Crippen LogP contribution in [-0.4, -0.2) is 177 Å². The number of nitrogens with one attached hydrogen (secondary N) is 1. The van der Waals surface area contributed by atoms with E-state index in [2.05, 4.69) is 10.1 Å². The minimum absolute atomic E-state index is 0.0261. The summed E-state index contributed by atoms with van der Waals surface area (Å²) in [5.41, 5.74) is -0.162. The number of anilines is 2. The first-order valence-corrected chi connectivity index (χ1v) is 22.8. The summed E-state index contributed by atoms with van der Waals surface area (Å²) in [6, 6.07) is 11.0. The number of benzene rings is 3. The average molecular weight is 1050 g/mol. The zero-order valence-electron chi connectivity index (χ0n) is 39.6. The van der Waals surface area contributed by atoms with Gasteiger partial charge in [-0.3, -0.25) is 4.79 Å². The number of hydrogen-bond donors (Lipinski definition) is 1. The molecular weight excluding hydrogens is 986 g/mol. The molecule has 72 heavy (non-hydrogen) atoms. The van der Waals surface area contributed by atoms with Crippen LogP contribution in [0.1, 0.15) is 22.3 Å². The van der Waals surface area contributed by atoms with Crippen LogP contribution in [0.4, 0.5) is 46.5 Å². The first-order chi connectivity index (χ1) is 34.9. The lowest BCUT2D eigenvalue weighted by Crippen LogP contribution is -2.16. The van der Waals surface area contributed by atoms with Crippen LogP contribution >= 0.6 is 0 Å². The lowest BCUT2D eigenvalue weighted by Gasteiger charge is -2.13. The Kier molecular flexibility index (Phi) is 32.6. The lowest BCUT2D eigenvalue weighted by atomic mass is 10.1. The van der Waals surface area contributed by atoms with Crippen LogP contribution in [0.2, 0.25) is 0 Å². The van der Waals surface area contributed by atoms with Gasteiger partial charge in [0.05, 0.1) is 182 Å². The number of hydrogen-bond acceptors (Lipinski definition) is 17. The highest BCUT2D eigenvalue weighted by Crippen LogP contribution is 2.32. The Hall–Kier alpha value is -4.64. The summed E-state index contributed by atoms with van der Waals surface area (Å²) < 4.78 is 180. The highest BCUT2D eigenvalue weighted by Gasteiger charge is 2.31. The van der Waals surface area contributed by atoms with Gasteiger partial charge in [-0.2, -0.15) is 22.0 Å². The van der Waals surface area contributed by atoms with Gasteiger partial charge in [0.2, 0.25) is 34.8 Å². The van der Waals surface area contributed by atoms with E-state index < -0.39 is 64.9 Å². The van der Waals surface area contributed by atoms with Crippen LogP contribution in [0.5, 0.6) is 5.75 Å². The molecule has 0 aliphatic carbocycles. The Morgan fingerprint density at radius 1 is 0.417 bits per heavy atom. The number of carbonyl (C=O) groups is 2. The smallest absolute Gasteiger partial charge is 0.416 e. The fraction of sp³-hybridized carbons (Fsp3) is 0.574. The fourth-order valence-corrected chi connectivity index (χ4v) is 5.49. The Morgan fingerprint density at radius 3 is 1.15 bits per heavy atom. The predicted molar refractivity (Wildman–Crippen MR) is 238 cm³/mol. The van der Waals surface area contributed by atoms with Crippen LogP contribution in [0.3, 0.4) is 0 Å². The third kappa shape index (κ3) is 26.9. The van der Waals surface area contributed by atoms with Gasteiger partial charge in [0, 0.05) is 5.69 Å². The summed E-state index contributed by atoms with van der Waals surface area (Å²) in [6.07, 6.45) is -5.00. The summed E-state index contributed by atoms with van der Waals surface area (Å²) in [4.78, 5) is 24.3. The number of carbonyl (C=O) groups excluding carboxylic acids is 2. The van der Waals surface area contributed by atoms with Crippen molar-refractivity contribution in [1.29, 1.82) is 0 Å². The Balaban J connectivity index is 0.954. The topological polar surface area (TPSA) is 175 Å². The van der Waals surface area contributed by atoms with E-state index in [9.17, 15) is 44.7 Å². The number of alkyl halides is 3. The van der Waals surface area contributed by atoms with E-state index in [-0.39, 0.29) is 64.1 Å². The van der Waals surface area contributed by atoms with E-state index in [0.29, 0.717) is 118 Å². The van der Waals surface area contributed by atoms with Crippen LogP contribution in [0.25, 0.3) is 0 Å². The maximum atomic E-state index is 13.6. The quantitative estimate of drug-likeness (QED) is 0.0162. The molecule has 0 unspecified atom stereocenters. The second-order valence-electron chi connectivity index (χ2n) is 14.4. The fourth-order valence-electron chi connectivity index (χ4n) is 5.49. The number of ether oxygens (including phenoxy) is 14. The van der Waals surface area contributed by atoms with Gasteiger partial charge in [0.15, 0.2) is 0 Å². The maximum absolute atomic E-state index is 13.6. The first kappa shape index (κ1) is 61.7. The average Bonchev–Trinajstić information content (AvgIpc) is 3.37. The summed E-state index contributed by atoms with van der Waals surface area (Å²) in [7, 11) is 0. The molecular formula is C47H61F8NO16. The summed E-state index contributed by atoms with van der Waals surface area (Å²) in [5, 5.41) is 2.85. The van der Waals surface area contributed by atoms with Gasteiger partial charge >= 0.3 is 18.1 Å². The molecule has 0 amide bonds. The van der Waals surface area contributed by atoms with Crippen LogP contribution in [0, 0.1) is 29.1 Å². The number of para-hydroxylation sites is 1. The molecule has 0 heterocycles. The van der Waals surface area contributed by atoms with Gasteiger partial charge in [-0.15, -0.1) is 0 Å². The molecule has 0 aliphatic heterocycles. The van der Waals surface area contributed by atoms with Crippen molar-refractivity contribution in [2.24, 2.45) is 0 Å². The Labute approximate surface area is 411 Å². The molecule has 3 aromatic carbocycles. The van der Waals surface area contributed by atoms with E-state index in [1.165, 1.54) is 18.2 Å². The van der Waals surface area contributed by atoms with Crippen molar-refractivity contribution < 1.29 is 111 Å². The summed E-state index contributed by atoms with van der Waals surface area (Å²) in [5.74, 6) is -14.9. The standard InChI is InChI=1S/C47H61F8NO16/c48-40-41(49)43(51)45(44(52)42(40)50)72-39(57)8-9-59-10-11-60-12-13-61-14-15-62-16-17-63-18-19-64-20-21-65-22-23-66-24-25-67-26-27-68-28-29-69-30-31-70-32-33-71-46(58)37-6-1-2-7-38(37)56-36-5-3-4-35(34-36)47(53,54)55/h1-7,34,56H,8-33H2. The van der Waals surface area contributed by atoms with Crippen LogP contribution < -0.4 is 10.1 Å². The van der Waals surface area contributed by atoms with E-state index in [0.717, 1.165) is 12.1 Å². The molecule has 0 radical (unpaired) electrons. The van der Waals surface area contributed by atoms with E-state index in [1.54, 1.807) is 18.2 Å². The molecule has 3 rings (SSSR count). The van der Waals surface area contributed by atoms with Crippen molar-refractivity contribution in [2.75, 3.05) is 170 Å². The second kappa shape index (κ2) is 38.0. The molecule has 0 saturated carbocycles. The summed E-state index contributed by atoms with van der Waals surface area (Å²) in [6.45, 7) is 7.38. The van der Waals surface area contributed by atoms with E-state index >= 15 is 0 Å². The lowest BCUT2D eigenvalue weighted by molar-refractivity contribution is -0.138. The molecule has 0 fully saturated rings. The number of esters is 2. The molecule has 0 atom stereocenters. The molecule has 0 spiro atoms. The van der Waals surface area contributed by atoms with Crippen molar-refractivity contribution in [3.63, 3.8) is 0 Å². The van der Waals surface area contributed by atoms with Crippen molar-refractivity contribution in [3.8, 4) is 5.75 Å². The molecule has 406 valence electrons. The largest absolute Gasteiger partial charge is 0.460 e. The van der Waals surface area contributed by atoms with Crippen molar-refractivity contribution in [3.05, 3.63) is 88.7 Å². The molecule has 0 aromatic heterocycles. The van der Waals surface area contributed by atoms with E-state index in [1.807, 2.05) is 0 Å². The number of rotatable bonds is 43. The third-order valence-electron chi connectivity index (χ3n) is 9.00. The molecule has 0 aliphatic rings. The molecule has 3 aromatic rings. The molecule has 1 N–H and O–H groups in total. The highest BCUT2D eigenvalue weighted by molar-refractivity contribution is 5.96. The van der Waals surface area contributed by atoms with Crippen molar-refractivity contribution in [2.45, 2.75) is 12.6 Å². The zero-order valence-corrected chi connectivity index (χ0v) is 39.6. The monoisotopic (exact) mass is 1050 g/mol. The molecule has 17 nitrogen and oxygen atoms in total. The Morgan fingerprint density at radius 2 is 0.764 bits per heavy atom. The maximum Gasteiger partial charge on any atom is 0.416 e. The minimum Gasteiger partial charge on any atom is -0.460 e. The van der Waals surface area contributed by atoms with Gasteiger partial charge in [0.1, 0.15) is 6.61 Å². The van der Waals surface area contributed by atoms with Gasteiger partial charge in [-0.05, 0) is 30.3 Å². The molecule has 0 bridgehead atoms. The van der Waals surface area contributed by atoms with Gasteiger partial charge < -0.3 is 71.6 Å². The minimum atomic E-state index is -4.50. The summed E-state index contributed by atoms with van der Waals surface area (Å²) >= 11 is 0. The highest BCUT2D eigenvalue weighted by atomic mass is 19.4. The van der Waals surface area contributed by atoms with E-state index in [4.69, 9.17) is 61.6 Å². The van der Waals surface area contributed by atoms with Gasteiger partial charge in [0.25, 0.3) is 0 Å². The normalized spacial score (nSPS) is 11.6. The predicted octanol–water partition coefficient (Wildman–Crippen LogP) is 6.50. The van der Waals surface area contributed by atoms with Crippen molar-refractivity contribution in [1.82, 2.24) is 0 Å². The second-order valence-corrected chi connectivity index (χ2v) is 14.4.